The monoisotopic (exact) mass is 267 g/mol. The summed E-state index contributed by atoms with van der Waals surface area (Å²) in [5, 5.41) is 4.01. The molecule has 0 aliphatic heterocycles. The van der Waals surface area contributed by atoms with Crippen LogP contribution in [-0.2, 0) is 0 Å². The van der Waals surface area contributed by atoms with Crippen molar-refractivity contribution in [1.82, 2.24) is 4.98 Å². The Morgan fingerprint density at radius 3 is 2.39 bits per heavy atom. The third kappa shape index (κ3) is 4.08. The van der Waals surface area contributed by atoms with Crippen LogP contribution in [0, 0.1) is 0 Å². The molecular formula is C14H22ClN3. The predicted octanol–water partition coefficient (Wildman–Crippen LogP) is 4.48. The van der Waals surface area contributed by atoms with E-state index in [1.165, 1.54) is 0 Å². The molecular weight excluding hydrogens is 246 g/mol. The van der Waals surface area contributed by atoms with Gasteiger partial charge in [-0.3, -0.25) is 4.98 Å². The Morgan fingerprint density at radius 1 is 1.17 bits per heavy atom. The number of rotatable bonds is 2. The van der Waals surface area contributed by atoms with E-state index in [0.717, 1.165) is 16.6 Å². The number of para-hydroxylation sites is 1. The number of halogens is 1. The van der Waals surface area contributed by atoms with Crippen LogP contribution in [0.4, 0.5) is 11.4 Å². The van der Waals surface area contributed by atoms with E-state index in [2.05, 4.69) is 10.3 Å². The average molecular weight is 268 g/mol. The number of nitrogens with one attached hydrogen (secondary N) is 1. The first-order valence-electron chi connectivity index (χ1n) is 6.26. The molecule has 0 aliphatic rings. The molecule has 100 valence electrons. The molecule has 18 heavy (non-hydrogen) atoms. The van der Waals surface area contributed by atoms with Crippen LogP contribution in [0.3, 0.4) is 0 Å². The Balaban J connectivity index is 0.000000659. The highest BCUT2D eigenvalue weighted by atomic mass is 35.5. The lowest BCUT2D eigenvalue weighted by Gasteiger charge is -2.09. The molecule has 1 heterocycles. The van der Waals surface area contributed by atoms with E-state index in [1.54, 1.807) is 6.20 Å². The van der Waals surface area contributed by atoms with E-state index in [-0.39, 0.29) is 0 Å². The van der Waals surface area contributed by atoms with Crippen LogP contribution in [0.1, 0.15) is 27.7 Å². The van der Waals surface area contributed by atoms with Gasteiger partial charge in [-0.05, 0) is 6.07 Å². The van der Waals surface area contributed by atoms with Gasteiger partial charge in [-0.1, -0.05) is 45.9 Å². The number of nitrogens with two attached hydrogens (primary N) is 1. The number of hydrogen-bond acceptors (Lipinski definition) is 3. The zero-order valence-corrected chi connectivity index (χ0v) is 12.3. The van der Waals surface area contributed by atoms with Crippen molar-refractivity contribution in [2.24, 2.45) is 0 Å². The van der Waals surface area contributed by atoms with Crippen LogP contribution in [-0.4, -0.2) is 11.0 Å². The highest BCUT2D eigenvalue weighted by Gasteiger charge is 2.04. The predicted molar refractivity (Wildman–Crippen MR) is 83.2 cm³/mol. The first-order valence-corrected chi connectivity index (χ1v) is 6.79. The van der Waals surface area contributed by atoms with Gasteiger partial charge in [-0.15, -0.1) is 11.6 Å². The van der Waals surface area contributed by atoms with E-state index in [4.69, 9.17) is 17.3 Å². The number of alkyl halides is 1. The van der Waals surface area contributed by atoms with Gasteiger partial charge in [0.1, 0.15) is 0 Å². The van der Waals surface area contributed by atoms with Crippen LogP contribution in [0.25, 0.3) is 10.9 Å². The van der Waals surface area contributed by atoms with Crippen molar-refractivity contribution < 1.29 is 0 Å². The summed E-state index contributed by atoms with van der Waals surface area (Å²) in [6.45, 7) is 8.00. The molecule has 0 atom stereocenters. The van der Waals surface area contributed by atoms with Crippen molar-refractivity contribution in [3.63, 3.8) is 0 Å². The molecule has 0 bridgehead atoms. The number of fused-ring (bicyclic) bond motifs is 1. The molecule has 4 heteroatoms. The lowest BCUT2D eigenvalue weighted by molar-refractivity contribution is 1.38. The zero-order valence-electron chi connectivity index (χ0n) is 11.5. The summed E-state index contributed by atoms with van der Waals surface area (Å²) in [7, 11) is 0. The van der Waals surface area contributed by atoms with Crippen LogP contribution >= 0.6 is 11.6 Å². The van der Waals surface area contributed by atoms with Crippen LogP contribution in [0.2, 0.25) is 0 Å². The van der Waals surface area contributed by atoms with Crippen molar-refractivity contribution >= 4 is 33.9 Å². The fourth-order valence-corrected chi connectivity index (χ4v) is 1.55. The van der Waals surface area contributed by atoms with Gasteiger partial charge >= 0.3 is 0 Å². The number of hydrogen-bond donors (Lipinski definition) is 2. The Hall–Kier alpha value is -1.48. The maximum Gasteiger partial charge on any atom is 0.0902 e. The fourth-order valence-electron chi connectivity index (χ4n) is 1.42. The molecule has 3 N–H and O–H groups in total. The second-order valence-electron chi connectivity index (χ2n) is 2.92. The second kappa shape index (κ2) is 9.54. The quantitative estimate of drug-likeness (QED) is 0.623. The molecule has 0 radical (unpaired) electrons. The summed E-state index contributed by atoms with van der Waals surface area (Å²) < 4.78 is 0. The molecule has 1 aromatic carbocycles. The van der Waals surface area contributed by atoms with Gasteiger partial charge in [0.2, 0.25) is 0 Å². The number of benzene rings is 1. The molecule has 0 unspecified atom stereocenters. The number of anilines is 2. The highest BCUT2D eigenvalue weighted by Crippen LogP contribution is 2.27. The maximum absolute atomic E-state index is 5.79. The standard InChI is InChI=1S/C10H10ClN3.2C2H6/c11-6-14-10-7-3-1-2-4-9(7)13-5-8(10)12;2*1-2/h1-5H,6,12H2,(H,13,14);2*1-2H3. The third-order valence-corrected chi connectivity index (χ3v) is 2.18. The minimum Gasteiger partial charge on any atom is -0.396 e. The minimum atomic E-state index is 0.332. The summed E-state index contributed by atoms with van der Waals surface area (Å²) in [6, 6.07) is 8.12. The molecule has 0 fully saturated rings. The number of pyridine rings is 1. The van der Waals surface area contributed by atoms with Crippen molar-refractivity contribution in [3.8, 4) is 0 Å². The molecule has 0 aliphatic carbocycles. The largest absolute Gasteiger partial charge is 0.396 e. The smallest absolute Gasteiger partial charge is 0.0902 e. The molecule has 2 aromatic rings. The Morgan fingerprint density at radius 2 is 1.78 bits per heavy atom. The van der Waals surface area contributed by atoms with Gasteiger partial charge in [0.05, 0.1) is 29.1 Å². The van der Waals surface area contributed by atoms with Crippen molar-refractivity contribution in [2.45, 2.75) is 27.7 Å². The van der Waals surface area contributed by atoms with Crippen molar-refractivity contribution in [3.05, 3.63) is 30.5 Å². The van der Waals surface area contributed by atoms with E-state index < -0.39 is 0 Å². The number of nitrogens with zero attached hydrogens (tertiary/aromatic N) is 1. The van der Waals surface area contributed by atoms with E-state index in [9.17, 15) is 0 Å². The third-order valence-electron chi connectivity index (χ3n) is 2.05. The van der Waals surface area contributed by atoms with Gasteiger partial charge in [-0.2, -0.15) is 0 Å². The lowest BCUT2D eigenvalue weighted by Crippen LogP contribution is -2.01. The maximum atomic E-state index is 5.79. The molecule has 2 rings (SSSR count). The van der Waals surface area contributed by atoms with Gasteiger partial charge in [0, 0.05) is 5.39 Å². The summed E-state index contributed by atoms with van der Waals surface area (Å²) in [5.74, 6) is 0. The summed E-state index contributed by atoms with van der Waals surface area (Å²) >= 11 is 5.62. The first-order chi connectivity index (χ1) is 8.83. The second-order valence-corrected chi connectivity index (χ2v) is 3.18. The molecule has 0 saturated carbocycles. The van der Waals surface area contributed by atoms with E-state index >= 15 is 0 Å². The summed E-state index contributed by atoms with van der Waals surface area (Å²) in [6.07, 6.45) is 1.64. The molecule has 0 amide bonds. The summed E-state index contributed by atoms with van der Waals surface area (Å²) in [5.41, 5.74) is 8.17. The Bertz CT molecular complexity index is 458. The van der Waals surface area contributed by atoms with E-state index in [0.29, 0.717) is 11.7 Å². The number of nitrogen functional groups attached to an aromatic ring is 1. The van der Waals surface area contributed by atoms with Gasteiger partial charge in [0.15, 0.2) is 0 Å². The first kappa shape index (κ1) is 16.5. The Kier molecular flexibility index (Phi) is 8.76. The van der Waals surface area contributed by atoms with Crippen LogP contribution in [0.15, 0.2) is 30.5 Å². The van der Waals surface area contributed by atoms with E-state index in [1.807, 2.05) is 52.0 Å². The molecule has 1 aromatic heterocycles. The number of aromatic nitrogens is 1. The van der Waals surface area contributed by atoms with Crippen LogP contribution in [0.5, 0.6) is 0 Å². The SMILES string of the molecule is CC.CC.Nc1cnc2ccccc2c1NCCl. The highest BCUT2D eigenvalue weighted by molar-refractivity contribution is 6.19. The lowest BCUT2D eigenvalue weighted by atomic mass is 10.1. The van der Waals surface area contributed by atoms with Crippen molar-refractivity contribution in [1.29, 1.82) is 0 Å². The molecule has 0 spiro atoms. The normalized spacial score (nSPS) is 8.72. The topological polar surface area (TPSA) is 50.9 Å². The van der Waals surface area contributed by atoms with Gasteiger partial charge in [0.25, 0.3) is 0 Å². The Labute approximate surface area is 114 Å². The minimum absolute atomic E-state index is 0.332. The van der Waals surface area contributed by atoms with Crippen molar-refractivity contribution in [2.75, 3.05) is 17.1 Å². The molecule has 0 saturated heterocycles. The zero-order chi connectivity index (χ0) is 14.0. The van der Waals surface area contributed by atoms with Gasteiger partial charge in [-0.25, -0.2) is 0 Å². The molecule has 3 nitrogen and oxygen atoms in total. The van der Waals surface area contributed by atoms with Crippen LogP contribution < -0.4 is 11.1 Å². The van der Waals surface area contributed by atoms with Gasteiger partial charge < -0.3 is 11.1 Å². The summed E-state index contributed by atoms with van der Waals surface area (Å²) in [4.78, 5) is 4.22. The fraction of sp³-hybridized carbons (Fsp3) is 0.357. The average Bonchev–Trinajstić information content (AvgIpc) is 2.46.